The van der Waals surface area contributed by atoms with Crippen LogP contribution in [0, 0.1) is 68.6 Å². The average molecular weight is 1550 g/mol. The van der Waals surface area contributed by atoms with Gasteiger partial charge in [-0.3, -0.25) is 14.3 Å². The van der Waals surface area contributed by atoms with E-state index < -0.39 is 27.8 Å². The zero-order valence-corrected chi connectivity index (χ0v) is 71.5. The predicted molar refractivity (Wildman–Crippen MR) is 455 cm³/mol. The van der Waals surface area contributed by atoms with Crippen LogP contribution >= 0.6 is 11.3 Å². The average Bonchev–Trinajstić information content (AvgIpc) is 1.63. The first kappa shape index (κ1) is 93.3. The molecule has 110 heavy (non-hydrogen) atoms. The fourth-order valence-electron chi connectivity index (χ4n) is 12.5. The molecule has 2 aromatic carbocycles. The zero-order chi connectivity index (χ0) is 82.3. The molecule has 0 atom stereocenters. The van der Waals surface area contributed by atoms with E-state index >= 15 is 0 Å². The van der Waals surface area contributed by atoms with Gasteiger partial charge in [0.2, 0.25) is 5.70 Å². The molecule has 20 heteroatoms. The van der Waals surface area contributed by atoms with E-state index in [0.29, 0.717) is 37.4 Å². The van der Waals surface area contributed by atoms with E-state index in [4.69, 9.17) is 39.1 Å². The third-order valence-corrected chi connectivity index (χ3v) is 30.9. The van der Waals surface area contributed by atoms with E-state index in [1.165, 1.54) is 72.4 Å². The minimum atomic E-state index is -1.86. The lowest BCUT2D eigenvalue weighted by Gasteiger charge is -2.38. The minimum absolute atomic E-state index is 0. The molecular weight excluding hydrogens is 1430 g/mol. The van der Waals surface area contributed by atoms with Crippen LogP contribution in [0.1, 0.15) is 214 Å². The smallest absolute Gasteiger partial charge is 0.302 e. The Balaban J connectivity index is 0.000000558. The second-order valence-corrected chi connectivity index (χ2v) is 43.4. The maximum atomic E-state index is 11.4. The number of carbonyl (C=O) groups excluding carboxylic acids is 2. The van der Waals surface area contributed by atoms with Crippen LogP contribution < -0.4 is 9.80 Å². The molecule has 0 radical (unpaired) electrons. The van der Waals surface area contributed by atoms with Crippen molar-refractivity contribution in [2.75, 3.05) is 62.4 Å². The maximum absolute atomic E-state index is 11.4. The molecule has 0 N–H and O–H groups in total. The van der Waals surface area contributed by atoms with Crippen molar-refractivity contribution in [2.45, 2.75) is 243 Å². The van der Waals surface area contributed by atoms with E-state index in [1.807, 2.05) is 87.2 Å². The molecule has 592 valence electrons. The predicted octanol–water partition coefficient (Wildman–Crippen LogP) is 22.9. The second kappa shape index (κ2) is 43.5. The largest absolute Gasteiger partial charge is 0.493 e. The highest BCUT2D eigenvalue weighted by atomic mass is 32.1. The molecule has 0 saturated heterocycles. The van der Waals surface area contributed by atoms with Gasteiger partial charge in [-0.25, -0.2) is 4.85 Å². The summed E-state index contributed by atoms with van der Waals surface area (Å²) in [6.07, 6.45) is 34.0. The summed E-state index contributed by atoms with van der Waals surface area (Å²) in [5.74, 6) is -0.576. The molecule has 0 saturated carbocycles. The van der Waals surface area contributed by atoms with Crippen LogP contribution in [0.5, 0.6) is 0 Å². The lowest BCUT2D eigenvalue weighted by atomic mass is 9.75. The number of allylic oxidation sites excluding steroid dienone is 9. The highest BCUT2D eigenvalue weighted by Crippen LogP contribution is 2.45. The Kier molecular flexibility index (Phi) is 36.9. The highest BCUT2D eigenvalue weighted by molar-refractivity contribution is 7.14. The molecule has 1 aliphatic carbocycles. The summed E-state index contributed by atoms with van der Waals surface area (Å²) in [5.41, 5.74) is 9.14. The van der Waals surface area contributed by atoms with Gasteiger partial charge >= 0.3 is 11.9 Å². The van der Waals surface area contributed by atoms with Crippen molar-refractivity contribution in [3.05, 3.63) is 185 Å². The van der Waals surface area contributed by atoms with Crippen LogP contribution in [0.25, 0.3) is 29.1 Å². The van der Waals surface area contributed by atoms with E-state index in [9.17, 15) is 35.9 Å². The summed E-state index contributed by atoms with van der Waals surface area (Å²) in [6, 6.07) is 26.6. The summed E-state index contributed by atoms with van der Waals surface area (Å²) < 4.78 is 48.5. The van der Waals surface area contributed by atoms with Crippen molar-refractivity contribution in [2.24, 2.45) is 5.41 Å². The molecule has 0 amide bonds. The monoisotopic (exact) mass is 1550 g/mol. The number of nitriles is 5. The number of esters is 2. The highest BCUT2D eigenvalue weighted by Gasteiger charge is 2.42. The van der Waals surface area contributed by atoms with Gasteiger partial charge in [0.15, 0.2) is 39.3 Å². The van der Waals surface area contributed by atoms with Gasteiger partial charge in [0.1, 0.15) is 60.3 Å². The van der Waals surface area contributed by atoms with E-state index in [1.54, 1.807) is 11.3 Å². The lowest BCUT2D eigenvalue weighted by molar-refractivity contribution is -0.141. The van der Waals surface area contributed by atoms with Gasteiger partial charge in [0, 0.05) is 59.2 Å². The standard InChI is InChI=1S/C45H64N4O3Si2.C44H54N4O5S.CH4.FH/c1-42(2,3)53(12,13)50-27-25-49(26-28-51-54(14,15)43(4,5)6)38-23-21-34(22-24-38)19-20-36-29-35(30-44(7,8)31-36)17-16-18-39-40(48-11)41(37(32-46)33-47)52-45(39,9)10;1-7-9-11-13-15-37-38(16-14-12-10-8-2)42(24-22-40-39(31-47)43(35(29-45)30-46)53-44(40,5)6)54-41(37)23-19-34-17-20-36(21-18-34)48(25-27-51-32(3)49)26-28-52-33(4)50;;/h16-24,29H,25-28,30-31H2,1-10,12-15H3;17-24H,7-16,25-28H2,1-6H3;1H4;1H/b18-16+,20-19+,35-17-;23-19+,24-22+;;/i/hT. The maximum Gasteiger partial charge on any atom is 0.302 e. The van der Waals surface area contributed by atoms with Gasteiger partial charge < -0.3 is 37.6 Å². The summed E-state index contributed by atoms with van der Waals surface area (Å²) >= 11 is 1.74. The first-order chi connectivity index (χ1) is 51.8. The molecule has 0 unspecified atom stereocenters. The molecule has 3 heterocycles. The molecule has 3 aliphatic rings. The number of thiophene rings is 1. The van der Waals surface area contributed by atoms with Gasteiger partial charge in [-0.2, -0.15) is 26.3 Å². The van der Waals surface area contributed by atoms with Crippen LogP contribution in [0.15, 0.2) is 141 Å². The Morgan fingerprint density at radius 3 is 1.44 bits per heavy atom. The molecular formula is C90H123FN8O8SSi2. The Bertz CT molecular complexity index is 4160. The van der Waals surface area contributed by atoms with Crippen LogP contribution in [0.2, 0.25) is 36.3 Å². The van der Waals surface area contributed by atoms with Crippen LogP contribution in [0.3, 0.4) is 0 Å². The third kappa shape index (κ3) is 28.0. The topological polar surface area (TPSA) is 219 Å². The molecule has 16 nitrogen and oxygen atoms in total. The van der Waals surface area contributed by atoms with E-state index in [2.05, 4.69) is 192 Å². The summed E-state index contributed by atoms with van der Waals surface area (Å²) in [4.78, 5) is 33.1. The third-order valence-electron chi connectivity index (χ3n) is 20.6. The Morgan fingerprint density at radius 1 is 0.600 bits per heavy atom. The number of hydrogen-bond acceptors (Lipinski definition) is 16. The van der Waals surface area contributed by atoms with Crippen molar-refractivity contribution in [1.29, 1.82) is 27.8 Å². The van der Waals surface area contributed by atoms with Gasteiger partial charge in [-0.1, -0.05) is 188 Å². The van der Waals surface area contributed by atoms with Gasteiger partial charge in [-0.05, 0) is 178 Å². The molecule has 0 bridgehead atoms. The SMILES string of the molecule is C.CCCCCCc1c(/C=C/C2=C(C#N)C(=C(C#N)C#N)OC2(C)C)sc(/C=C/c2ccc(N(CCOC(C)=O)CCOC(C)=O)cc2)c1CCCCCC.[3H]F.[C-]#[N+]C1=C(/C=C/C=C2C=C(/C=C/c3ccc(N(CCO[Si](C)(C)C(C)(C)C)CCO[Si](C)(C)C(C)(C)C)cc3)CC(C)(C)C/2)C(C)(C)OC1=C(C#N)C#N. The molecule has 2 aliphatic heterocycles. The number of anilines is 2. The lowest BCUT2D eigenvalue weighted by Crippen LogP contribution is -2.44. The molecule has 1 aromatic heterocycles. The van der Waals surface area contributed by atoms with Crippen molar-refractivity contribution in [3.63, 3.8) is 0 Å². The first-order valence-electron chi connectivity index (χ1n) is 38.5. The summed E-state index contributed by atoms with van der Waals surface area (Å²) in [5, 5.41) is 48.3. The van der Waals surface area contributed by atoms with Gasteiger partial charge in [-0.15, -0.1) is 11.3 Å². The molecule has 6 rings (SSSR count). The zero-order valence-electron chi connectivity index (χ0n) is 69.7. The van der Waals surface area contributed by atoms with Gasteiger partial charge in [0.05, 0.1) is 32.9 Å². The van der Waals surface area contributed by atoms with Gasteiger partial charge in [0.25, 0.3) is 1.45 Å². The fourth-order valence-corrected chi connectivity index (χ4v) is 15.7. The van der Waals surface area contributed by atoms with Crippen LogP contribution in [0.4, 0.5) is 16.1 Å². The van der Waals surface area contributed by atoms with Crippen molar-refractivity contribution in [1.82, 2.24) is 0 Å². The number of benzene rings is 2. The number of ether oxygens (including phenoxy) is 4. The Hall–Kier alpha value is -9.10. The normalized spacial score (nSPS) is 15.7. The van der Waals surface area contributed by atoms with Crippen LogP contribution in [-0.2, 0) is 50.2 Å². The van der Waals surface area contributed by atoms with Crippen molar-refractivity contribution in [3.8, 4) is 30.3 Å². The quantitative estimate of drug-likeness (QED) is 0.0178. The number of nitrogens with zero attached hydrogens (tertiary/aromatic N) is 8. The number of carbonyl (C=O) groups is 2. The number of halogens is 1. The number of hydrogen-bond donors (Lipinski definition) is 0. The van der Waals surface area contributed by atoms with Crippen molar-refractivity contribution < 1.29 is 42.1 Å². The molecule has 0 fully saturated rings. The van der Waals surface area contributed by atoms with Crippen molar-refractivity contribution >= 4 is 75.6 Å². The fraction of sp³-hybridized carbons (Fsp3) is 0.511. The number of unbranched alkanes of at least 4 members (excludes halogenated alkanes) is 6. The Morgan fingerprint density at radius 2 is 1.02 bits per heavy atom. The first-order valence-corrected chi connectivity index (χ1v) is 44.7. The summed E-state index contributed by atoms with van der Waals surface area (Å²) in [6.45, 7) is 54.3. The molecule has 0 spiro atoms. The van der Waals surface area contributed by atoms with Crippen LogP contribution in [-0.4, -0.2) is 93.8 Å². The molecule has 3 aromatic rings. The number of rotatable bonds is 34. The minimum Gasteiger partial charge on any atom is -0.493 e. The second-order valence-electron chi connectivity index (χ2n) is 32.7. The Labute approximate surface area is 667 Å². The van der Waals surface area contributed by atoms with E-state index in [-0.39, 0.29) is 82.0 Å². The van der Waals surface area contributed by atoms with E-state index in [0.717, 1.165) is 86.1 Å². The summed E-state index contributed by atoms with van der Waals surface area (Å²) in [7, 11) is -3.71.